The third-order valence-corrected chi connectivity index (χ3v) is 11.2. The standard InChI is InChI=1S/C25H24N4O4.C21H19ClN2O4.C4H7BN2O2.CH4/c1-4-33-23(30)21-16-19(22-9-12-26-29(22)3)15-20(27-21)18-7-5-6-17(14-18)8-10-25(32)11-13-28(2)24(25)31;1-3-28-19(25)18-13-16(22)12-17(23-18)15-6-4-5-14(11-15)7-8-21(27)9-10-24(2)20(21)26;1-7-4(5(8)9)2-3-6-7;/h5-7,9,12,14-16,32H,4,11,13H2,1-3H3;4-6,11-13,27H,3,9-10H2,1-2H3;2-3,8-9H,1H3;1H4/t25-;21-;;/m00../s1. The Morgan fingerprint density at radius 3 is 1.56 bits per heavy atom. The van der Waals surface area contributed by atoms with Gasteiger partial charge in [-0.3, -0.25) is 19.0 Å². The lowest BCUT2D eigenvalue weighted by atomic mass is 9.86. The lowest BCUT2D eigenvalue weighted by Gasteiger charge is -2.13. The average Bonchev–Trinajstić information content (AvgIpc) is 4.12. The molecule has 2 amide bonds. The smallest absolute Gasteiger partial charge is 0.461 e. The Morgan fingerprint density at radius 2 is 1.15 bits per heavy atom. The van der Waals surface area contributed by atoms with Crippen LogP contribution in [-0.4, -0.2) is 142 Å². The minimum atomic E-state index is -1.67. The highest BCUT2D eigenvalue weighted by atomic mass is 35.5. The van der Waals surface area contributed by atoms with E-state index in [1.54, 1.807) is 88.3 Å². The minimum absolute atomic E-state index is 0. The van der Waals surface area contributed by atoms with Crippen LogP contribution >= 0.6 is 11.6 Å². The molecule has 0 saturated carbocycles. The summed E-state index contributed by atoms with van der Waals surface area (Å²) in [7, 11) is 5.33. The van der Waals surface area contributed by atoms with Crippen molar-refractivity contribution >= 4 is 48.1 Å². The number of aromatic nitrogens is 6. The van der Waals surface area contributed by atoms with Crippen LogP contribution < -0.4 is 5.59 Å². The van der Waals surface area contributed by atoms with E-state index >= 15 is 0 Å². The summed E-state index contributed by atoms with van der Waals surface area (Å²) >= 11 is 6.13. The first-order valence-electron chi connectivity index (χ1n) is 21.9. The summed E-state index contributed by atoms with van der Waals surface area (Å²) in [6, 6.07) is 24.4. The summed E-state index contributed by atoms with van der Waals surface area (Å²) in [5.41, 5.74) is 2.70. The monoisotopic (exact) mass is 984 g/mol. The predicted octanol–water partition coefficient (Wildman–Crippen LogP) is 3.53. The first kappa shape index (κ1) is 54.3. The van der Waals surface area contributed by atoms with Crippen LogP contribution in [0.4, 0.5) is 0 Å². The number of carbonyl (C=O) groups excluding carboxylic acids is 4. The number of ether oxygens (including phenoxy) is 2. The predicted molar refractivity (Wildman–Crippen MR) is 266 cm³/mol. The number of hydrogen-bond acceptors (Lipinski definition) is 14. The molecule has 20 heteroatoms. The number of likely N-dealkylation sites (tertiary alicyclic amines) is 2. The molecular weight excluding hydrogens is 931 g/mol. The zero-order valence-electron chi connectivity index (χ0n) is 39.3. The maximum absolute atomic E-state index is 12.5. The van der Waals surface area contributed by atoms with Crippen LogP contribution in [0.3, 0.4) is 0 Å². The first-order chi connectivity index (χ1) is 33.3. The molecule has 18 nitrogen and oxygen atoms in total. The van der Waals surface area contributed by atoms with Gasteiger partial charge in [0.2, 0.25) is 11.2 Å². The molecule has 0 spiro atoms. The summed E-state index contributed by atoms with van der Waals surface area (Å²) in [5, 5.41) is 46.5. The van der Waals surface area contributed by atoms with Crippen molar-refractivity contribution in [1.82, 2.24) is 39.3 Å². The van der Waals surface area contributed by atoms with Gasteiger partial charge >= 0.3 is 19.1 Å². The quantitative estimate of drug-likeness (QED) is 0.0971. The van der Waals surface area contributed by atoms with E-state index in [0.29, 0.717) is 51.8 Å². The molecule has 6 heterocycles. The largest absolute Gasteiger partial charge is 0.507 e. The lowest BCUT2D eigenvalue weighted by molar-refractivity contribution is -0.138. The van der Waals surface area contributed by atoms with Gasteiger partial charge in [-0.15, -0.1) is 0 Å². The number of nitrogens with zero attached hydrogens (tertiary/aromatic N) is 8. The molecule has 4 aromatic heterocycles. The van der Waals surface area contributed by atoms with Gasteiger partial charge in [0, 0.05) is 99.4 Å². The second kappa shape index (κ2) is 23.8. The fourth-order valence-corrected chi connectivity index (χ4v) is 7.39. The van der Waals surface area contributed by atoms with Gasteiger partial charge in [0.15, 0.2) is 5.69 Å². The molecule has 2 atom stereocenters. The van der Waals surface area contributed by atoms with E-state index < -0.39 is 42.1 Å². The van der Waals surface area contributed by atoms with Gasteiger partial charge in [0.1, 0.15) is 5.69 Å². The van der Waals surface area contributed by atoms with Crippen molar-refractivity contribution in [2.75, 3.05) is 40.4 Å². The molecule has 4 N–H and O–H groups in total. The SMILES string of the molecule is C.CCOC(=O)c1cc(-c2ccnn2C)cc(-c2cccc(C#C[C@]3(O)CCN(C)C3=O)c2)n1.CCOC(=O)c1cc(Cl)cc(-c2cccc(C#C[C@]3(O)CCN(C)C3=O)c2)n1.Cn1nccc1B(O)O. The number of amides is 2. The maximum atomic E-state index is 12.5. The highest BCUT2D eigenvalue weighted by molar-refractivity contribution is 6.57. The second-order valence-electron chi connectivity index (χ2n) is 16.1. The maximum Gasteiger partial charge on any atom is 0.507 e. The summed E-state index contributed by atoms with van der Waals surface area (Å²) in [4.78, 5) is 60.4. The Morgan fingerprint density at radius 1 is 0.676 bits per heavy atom. The number of halogens is 1. The Balaban J connectivity index is 0.000000224. The van der Waals surface area contributed by atoms with Crippen LogP contribution in [0.15, 0.2) is 97.3 Å². The summed E-state index contributed by atoms with van der Waals surface area (Å²) < 4.78 is 13.3. The van der Waals surface area contributed by atoms with Crippen LogP contribution in [0.5, 0.6) is 0 Å². The van der Waals surface area contributed by atoms with Crippen LogP contribution in [0.25, 0.3) is 33.8 Å². The van der Waals surface area contributed by atoms with E-state index in [1.807, 2.05) is 43.4 Å². The highest BCUT2D eigenvalue weighted by Crippen LogP contribution is 2.28. The van der Waals surface area contributed by atoms with Crippen LogP contribution in [0.1, 0.15) is 66.2 Å². The number of hydrogen-bond donors (Lipinski definition) is 4. The van der Waals surface area contributed by atoms with Crippen LogP contribution in [0.2, 0.25) is 5.02 Å². The van der Waals surface area contributed by atoms with Gasteiger partial charge in [0.25, 0.3) is 11.8 Å². The molecule has 2 aliphatic heterocycles. The minimum Gasteiger partial charge on any atom is -0.461 e. The molecule has 2 aromatic carbocycles. The Labute approximate surface area is 417 Å². The number of pyridine rings is 2. The molecule has 71 heavy (non-hydrogen) atoms. The van der Waals surface area contributed by atoms with Crippen molar-refractivity contribution in [2.45, 2.75) is 45.3 Å². The van der Waals surface area contributed by atoms with Crippen molar-refractivity contribution in [3.63, 3.8) is 0 Å². The van der Waals surface area contributed by atoms with E-state index in [0.717, 1.165) is 16.8 Å². The van der Waals surface area contributed by atoms with E-state index in [4.69, 9.17) is 31.1 Å². The molecule has 0 bridgehead atoms. The molecule has 0 aliphatic carbocycles. The molecule has 6 aromatic rings. The van der Waals surface area contributed by atoms with E-state index in [1.165, 1.54) is 26.7 Å². The molecule has 2 aliphatic rings. The number of rotatable bonds is 8. The Bertz CT molecular complexity index is 3050. The van der Waals surface area contributed by atoms with E-state index in [2.05, 4.69) is 43.8 Å². The average molecular weight is 985 g/mol. The van der Waals surface area contributed by atoms with E-state index in [-0.39, 0.29) is 44.9 Å². The van der Waals surface area contributed by atoms with Crippen molar-refractivity contribution in [1.29, 1.82) is 0 Å². The van der Waals surface area contributed by atoms with E-state index in [9.17, 15) is 29.4 Å². The van der Waals surface area contributed by atoms with Gasteiger partial charge < -0.3 is 39.5 Å². The molecule has 368 valence electrons. The second-order valence-corrected chi connectivity index (χ2v) is 16.5. The van der Waals surface area contributed by atoms with Crippen molar-refractivity contribution < 1.29 is 48.9 Å². The number of likely N-dealkylation sites (N-methyl/N-ethyl adjacent to an activating group) is 2. The van der Waals surface area contributed by atoms with Gasteiger partial charge in [-0.05, 0) is 74.5 Å². The van der Waals surface area contributed by atoms with Crippen molar-refractivity contribution in [2.24, 2.45) is 14.1 Å². The summed E-state index contributed by atoms with van der Waals surface area (Å²) in [6.45, 7) is 4.87. The molecule has 8 rings (SSSR count). The summed E-state index contributed by atoms with van der Waals surface area (Å²) in [6.07, 6.45) is 3.73. The number of benzene rings is 2. The summed E-state index contributed by atoms with van der Waals surface area (Å²) in [5.74, 6) is 9.34. The lowest BCUT2D eigenvalue weighted by Crippen LogP contribution is -2.37. The normalized spacial score (nSPS) is 16.7. The van der Waals surface area contributed by atoms with Crippen LogP contribution in [0, 0.1) is 23.7 Å². The fraction of sp³-hybridized carbons (Fsp3) is 0.294. The zero-order chi connectivity index (χ0) is 50.8. The van der Waals surface area contributed by atoms with Gasteiger partial charge in [-0.1, -0.05) is 67.0 Å². The zero-order valence-corrected chi connectivity index (χ0v) is 40.0. The topological polar surface area (TPSA) is 236 Å². The first-order valence-corrected chi connectivity index (χ1v) is 22.3. The van der Waals surface area contributed by atoms with Gasteiger partial charge in [-0.2, -0.15) is 10.2 Å². The molecular formula is C51H54BClN8O10. The van der Waals surface area contributed by atoms with Crippen molar-refractivity contribution in [3.8, 4) is 57.5 Å². The molecule has 0 radical (unpaired) electrons. The Hall–Kier alpha value is -7.65. The van der Waals surface area contributed by atoms with Crippen LogP contribution in [-0.2, 0) is 33.2 Å². The number of aliphatic hydroxyl groups is 2. The number of esters is 2. The van der Waals surface area contributed by atoms with Gasteiger partial charge in [-0.25, -0.2) is 19.6 Å². The number of aryl methyl sites for hydroxylation is 2. The molecule has 2 saturated heterocycles. The Kier molecular flexibility index (Phi) is 18.2. The third-order valence-electron chi connectivity index (χ3n) is 11.0. The molecule has 0 unspecified atom stereocenters. The van der Waals surface area contributed by atoms with Gasteiger partial charge in [0.05, 0.1) is 35.9 Å². The number of carbonyl (C=O) groups is 4. The van der Waals surface area contributed by atoms with Crippen molar-refractivity contribution in [3.05, 3.63) is 125 Å². The fourth-order valence-electron chi connectivity index (χ4n) is 7.19. The third kappa shape index (κ3) is 13.4. The highest BCUT2D eigenvalue weighted by Gasteiger charge is 2.43. The molecule has 2 fully saturated rings.